The number of rotatable bonds is 3. The van der Waals surface area contributed by atoms with Gasteiger partial charge in [-0.25, -0.2) is 0 Å². The molecule has 0 aliphatic heterocycles. The zero-order valence-corrected chi connectivity index (χ0v) is 11.6. The Balaban J connectivity index is 2.21. The predicted molar refractivity (Wildman–Crippen MR) is 72.7 cm³/mol. The third-order valence-electron chi connectivity index (χ3n) is 2.69. The van der Waals surface area contributed by atoms with Crippen LogP contribution in [0.4, 0.5) is 0 Å². The summed E-state index contributed by atoms with van der Waals surface area (Å²) in [6.45, 7) is 3.61. The van der Waals surface area contributed by atoms with E-state index in [1.165, 1.54) is 0 Å². The SMILES string of the molecule is Cc1cc(C(=O)Cc2ccc(Cl)c(Cl)c2)c(C)o1. The molecule has 1 aromatic heterocycles. The summed E-state index contributed by atoms with van der Waals surface area (Å²) in [5, 5.41) is 0.949. The molecule has 0 fully saturated rings. The highest BCUT2D eigenvalue weighted by Crippen LogP contribution is 2.24. The van der Waals surface area contributed by atoms with Gasteiger partial charge in [-0.3, -0.25) is 4.79 Å². The Hall–Kier alpha value is -1.25. The van der Waals surface area contributed by atoms with Gasteiger partial charge in [0.2, 0.25) is 0 Å². The Morgan fingerprint density at radius 3 is 2.44 bits per heavy atom. The van der Waals surface area contributed by atoms with E-state index in [-0.39, 0.29) is 12.2 Å². The van der Waals surface area contributed by atoms with E-state index in [1.807, 2.05) is 6.92 Å². The fourth-order valence-electron chi connectivity index (χ4n) is 1.84. The highest BCUT2D eigenvalue weighted by atomic mass is 35.5. The molecular weight excluding hydrogens is 271 g/mol. The van der Waals surface area contributed by atoms with Gasteiger partial charge < -0.3 is 4.42 Å². The third kappa shape index (κ3) is 2.77. The number of ketones is 1. The molecule has 94 valence electrons. The monoisotopic (exact) mass is 282 g/mol. The molecule has 2 nitrogen and oxygen atoms in total. The molecule has 0 spiro atoms. The zero-order chi connectivity index (χ0) is 13.3. The minimum atomic E-state index is 0.0164. The van der Waals surface area contributed by atoms with Crippen LogP contribution >= 0.6 is 23.2 Å². The van der Waals surface area contributed by atoms with E-state index in [2.05, 4.69) is 0 Å². The standard InChI is InChI=1S/C14H12Cl2O2/c1-8-5-11(9(2)18-8)14(17)7-10-3-4-12(15)13(16)6-10/h3-6H,7H2,1-2H3. The van der Waals surface area contributed by atoms with Gasteiger partial charge >= 0.3 is 0 Å². The van der Waals surface area contributed by atoms with E-state index < -0.39 is 0 Å². The molecule has 0 bridgehead atoms. The van der Waals surface area contributed by atoms with E-state index in [9.17, 15) is 4.79 Å². The second-order valence-electron chi connectivity index (χ2n) is 4.18. The van der Waals surface area contributed by atoms with E-state index >= 15 is 0 Å². The first-order valence-corrected chi connectivity index (χ1v) is 6.27. The molecule has 2 aromatic rings. The Morgan fingerprint density at radius 1 is 1.17 bits per heavy atom. The van der Waals surface area contributed by atoms with Crippen LogP contribution in [0.5, 0.6) is 0 Å². The molecule has 18 heavy (non-hydrogen) atoms. The Morgan fingerprint density at radius 2 is 1.89 bits per heavy atom. The Kier molecular flexibility index (Phi) is 3.79. The molecule has 0 N–H and O–H groups in total. The molecule has 0 saturated carbocycles. The molecule has 4 heteroatoms. The number of furan rings is 1. The molecule has 0 saturated heterocycles. The number of carbonyl (C=O) groups excluding carboxylic acids is 1. The molecule has 0 atom stereocenters. The second kappa shape index (κ2) is 5.17. The van der Waals surface area contributed by atoms with E-state index in [0.717, 1.165) is 11.3 Å². The molecule has 0 aliphatic carbocycles. The second-order valence-corrected chi connectivity index (χ2v) is 4.99. The number of carbonyl (C=O) groups is 1. The van der Waals surface area contributed by atoms with Gasteiger partial charge in [-0.15, -0.1) is 0 Å². The number of hydrogen-bond donors (Lipinski definition) is 0. The molecule has 0 aliphatic rings. The minimum Gasteiger partial charge on any atom is -0.466 e. The third-order valence-corrected chi connectivity index (χ3v) is 3.43. The highest BCUT2D eigenvalue weighted by molar-refractivity contribution is 6.42. The van der Waals surface area contributed by atoms with Crippen molar-refractivity contribution in [2.24, 2.45) is 0 Å². The van der Waals surface area contributed by atoms with Crippen molar-refractivity contribution in [2.45, 2.75) is 20.3 Å². The largest absolute Gasteiger partial charge is 0.466 e. The van der Waals surface area contributed by atoms with Crippen LogP contribution in [0.1, 0.15) is 27.4 Å². The lowest BCUT2D eigenvalue weighted by atomic mass is 10.0. The van der Waals surface area contributed by atoms with Gasteiger partial charge in [0.25, 0.3) is 0 Å². The molecule has 1 aromatic carbocycles. The molecule has 2 rings (SSSR count). The predicted octanol–water partition coefficient (Wildman–Crippen LogP) is 4.63. The average Bonchev–Trinajstić information content (AvgIpc) is 2.63. The van der Waals surface area contributed by atoms with Crippen molar-refractivity contribution >= 4 is 29.0 Å². The van der Waals surface area contributed by atoms with Gasteiger partial charge in [-0.2, -0.15) is 0 Å². The quantitative estimate of drug-likeness (QED) is 0.769. The topological polar surface area (TPSA) is 30.2 Å². The van der Waals surface area contributed by atoms with Crippen molar-refractivity contribution in [1.29, 1.82) is 0 Å². The van der Waals surface area contributed by atoms with Crippen molar-refractivity contribution in [1.82, 2.24) is 0 Å². The lowest BCUT2D eigenvalue weighted by Gasteiger charge is -2.02. The first-order valence-electron chi connectivity index (χ1n) is 5.51. The molecular formula is C14H12Cl2O2. The molecule has 1 heterocycles. The van der Waals surface area contributed by atoms with Crippen LogP contribution in [0.3, 0.4) is 0 Å². The van der Waals surface area contributed by atoms with Crippen molar-refractivity contribution < 1.29 is 9.21 Å². The summed E-state index contributed by atoms with van der Waals surface area (Å²) in [7, 11) is 0. The Bertz CT molecular complexity index is 600. The number of halogens is 2. The summed E-state index contributed by atoms with van der Waals surface area (Å²) in [5.74, 6) is 1.41. The van der Waals surface area contributed by atoms with Gasteiger partial charge in [0.1, 0.15) is 11.5 Å². The zero-order valence-electron chi connectivity index (χ0n) is 10.1. The molecule has 0 amide bonds. The van der Waals surface area contributed by atoms with Gasteiger partial charge in [0, 0.05) is 6.42 Å². The van der Waals surface area contributed by atoms with Crippen molar-refractivity contribution in [3.63, 3.8) is 0 Å². The van der Waals surface area contributed by atoms with Crippen molar-refractivity contribution in [3.05, 3.63) is 57.0 Å². The van der Waals surface area contributed by atoms with Crippen molar-refractivity contribution in [3.8, 4) is 0 Å². The van der Waals surface area contributed by atoms with Gasteiger partial charge in [-0.05, 0) is 37.6 Å². The van der Waals surface area contributed by atoms with Gasteiger partial charge in [-0.1, -0.05) is 29.3 Å². The summed E-state index contributed by atoms with van der Waals surface area (Å²) in [6, 6.07) is 6.97. The number of hydrogen-bond acceptors (Lipinski definition) is 2. The first kappa shape index (κ1) is 13.2. The summed E-state index contributed by atoms with van der Waals surface area (Å²) in [4.78, 5) is 12.1. The lowest BCUT2D eigenvalue weighted by Crippen LogP contribution is -2.03. The normalized spacial score (nSPS) is 10.7. The maximum atomic E-state index is 12.1. The smallest absolute Gasteiger partial charge is 0.170 e. The summed E-state index contributed by atoms with van der Waals surface area (Å²) >= 11 is 11.7. The Labute approximate surface area is 116 Å². The fraction of sp³-hybridized carbons (Fsp3) is 0.214. The van der Waals surface area contributed by atoms with E-state index in [1.54, 1.807) is 31.2 Å². The molecule has 0 radical (unpaired) electrons. The summed E-state index contributed by atoms with van der Waals surface area (Å²) < 4.78 is 5.35. The van der Waals surface area contributed by atoms with Gasteiger partial charge in [0.15, 0.2) is 5.78 Å². The lowest BCUT2D eigenvalue weighted by molar-refractivity contribution is 0.0991. The molecule has 0 unspecified atom stereocenters. The van der Waals surface area contributed by atoms with Crippen LogP contribution in [0, 0.1) is 13.8 Å². The number of Topliss-reactive ketones (excluding diaryl/α,β-unsaturated/α-hetero) is 1. The number of benzene rings is 1. The first-order chi connectivity index (χ1) is 8.47. The van der Waals surface area contributed by atoms with Crippen LogP contribution in [0.2, 0.25) is 10.0 Å². The maximum absolute atomic E-state index is 12.1. The van der Waals surface area contributed by atoms with Crippen LogP contribution in [-0.2, 0) is 6.42 Å². The summed E-state index contributed by atoms with van der Waals surface area (Å²) in [6.07, 6.45) is 0.288. The van der Waals surface area contributed by atoms with Crippen LogP contribution in [0.25, 0.3) is 0 Å². The number of aryl methyl sites for hydroxylation is 2. The maximum Gasteiger partial charge on any atom is 0.170 e. The van der Waals surface area contributed by atoms with E-state index in [0.29, 0.717) is 21.4 Å². The van der Waals surface area contributed by atoms with E-state index in [4.69, 9.17) is 27.6 Å². The highest BCUT2D eigenvalue weighted by Gasteiger charge is 2.14. The van der Waals surface area contributed by atoms with Crippen LogP contribution in [-0.4, -0.2) is 5.78 Å². The van der Waals surface area contributed by atoms with Crippen LogP contribution < -0.4 is 0 Å². The van der Waals surface area contributed by atoms with Crippen LogP contribution in [0.15, 0.2) is 28.7 Å². The minimum absolute atomic E-state index is 0.0164. The fourth-order valence-corrected chi connectivity index (χ4v) is 2.16. The van der Waals surface area contributed by atoms with Gasteiger partial charge in [0.05, 0.1) is 15.6 Å². The summed E-state index contributed by atoms with van der Waals surface area (Å²) in [5.41, 5.74) is 1.46. The average molecular weight is 283 g/mol. The van der Waals surface area contributed by atoms with Crippen molar-refractivity contribution in [2.75, 3.05) is 0 Å².